The zero-order valence-electron chi connectivity index (χ0n) is 59.6. The van der Waals surface area contributed by atoms with Crippen LogP contribution in [0.3, 0.4) is 0 Å². The van der Waals surface area contributed by atoms with E-state index in [0.717, 1.165) is 26.7 Å². The Labute approximate surface area is 569 Å². The normalized spacial score (nSPS) is 16.4. The number of terminal acetylenes is 1. The first-order valence-corrected chi connectivity index (χ1v) is 29.6. The summed E-state index contributed by atoms with van der Waals surface area (Å²) in [7, 11) is 13.9. The Morgan fingerprint density at radius 1 is 0.312 bits per heavy atom. The molecule has 4 heterocycles. The maximum atomic E-state index is 4.94. The van der Waals surface area contributed by atoms with Crippen LogP contribution < -0.4 is 0 Å². The average molecular weight is 1210 g/mol. The van der Waals surface area contributed by atoms with E-state index in [2.05, 4.69) is 464 Å². The highest BCUT2D eigenvalue weighted by Crippen LogP contribution is 2.73. The van der Waals surface area contributed by atoms with E-state index in [0.29, 0.717) is 44.1 Å². The van der Waals surface area contributed by atoms with Crippen LogP contribution >= 0.6 is 0 Å². The summed E-state index contributed by atoms with van der Waals surface area (Å²) in [6.45, 7) is 47.4. The molecule has 0 N–H and O–H groups in total. The van der Waals surface area contributed by atoms with Crippen LogP contribution in [0.4, 0.5) is 0 Å². The van der Waals surface area contributed by atoms with E-state index >= 15 is 0 Å². The van der Waals surface area contributed by atoms with Gasteiger partial charge < -0.3 is 13.4 Å². The molecule has 93 heavy (non-hydrogen) atoms. The van der Waals surface area contributed by atoms with Crippen LogP contribution in [0.5, 0.6) is 0 Å². The van der Waals surface area contributed by atoms with Gasteiger partial charge in [-0.25, -0.2) is 0 Å². The Bertz CT molecular complexity index is 4480. The van der Waals surface area contributed by atoms with Crippen LogP contribution in [0.25, 0.3) is 0 Å². The van der Waals surface area contributed by atoms with Gasteiger partial charge in [-0.2, -0.15) is 0 Å². The molecule has 462 valence electrons. The van der Waals surface area contributed by atoms with Crippen molar-refractivity contribution in [3.63, 3.8) is 0 Å². The summed E-state index contributed by atoms with van der Waals surface area (Å²) < 4.78 is 3.40. The van der Waals surface area contributed by atoms with E-state index in [1.165, 1.54) is 17.3 Å². The molecule has 0 aromatic carbocycles. The van der Waals surface area contributed by atoms with Crippen molar-refractivity contribution < 1.29 is 13.4 Å². The quantitative estimate of drug-likeness (QED) is 0.191. The molecule has 4 rings (SSSR count). The Balaban J connectivity index is 0. The summed E-state index contributed by atoms with van der Waals surface area (Å²) >= 11 is 0. The van der Waals surface area contributed by atoms with E-state index in [1.54, 1.807) is 6.92 Å². The summed E-state index contributed by atoms with van der Waals surface area (Å²) in [5, 5.41) is 0. The predicted molar refractivity (Wildman–Crippen MR) is 393 cm³/mol. The molecule has 0 aromatic rings. The van der Waals surface area contributed by atoms with Crippen LogP contribution in [-0.2, 0) is 0 Å². The third kappa shape index (κ3) is 27.7. The molecule has 4 saturated heterocycles. The molecule has 0 saturated carbocycles. The fourth-order valence-electron chi connectivity index (χ4n) is 11.3. The minimum atomic E-state index is 0. The van der Waals surface area contributed by atoms with Gasteiger partial charge >= 0.3 is 0 Å². The van der Waals surface area contributed by atoms with Gasteiger partial charge in [0.05, 0.1) is 65.2 Å². The lowest BCUT2D eigenvalue weighted by atomic mass is 9.56. The second kappa shape index (κ2) is 39.1. The van der Waals surface area contributed by atoms with E-state index in [4.69, 9.17) is 6.42 Å². The molecule has 0 spiro atoms. The zero-order chi connectivity index (χ0) is 70.3. The maximum Gasteiger partial charge on any atom is 0.104 e. The molecule has 0 aliphatic carbocycles. The first kappa shape index (κ1) is 83.9. The number of rotatable bonds is 2. The fraction of sp³-hybridized carbons (Fsp3) is 0.444. The number of fused-ring (bicyclic) bond motifs is 1. The number of hydrogen-bond acceptors (Lipinski definition) is 0. The lowest BCUT2D eigenvalue weighted by Crippen LogP contribution is -2.84. The van der Waals surface area contributed by atoms with Gasteiger partial charge in [0.15, 0.2) is 0 Å². The number of quaternary nitrogens is 3. The summed E-state index contributed by atoms with van der Waals surface area (Å²) in [6.07, 6.45) is 7.62. The van der Waals surface area contributed by atoms with Crippen molar-refractivity contribution in [2.45, 2.75) is 192 Å². The second-order valence-electron chi connectivity index (χ2n) is 28.3. The third-order valence-electron chi connectivity index (χ3n) is 17.6. The van der Waals surface area contributed by atoms with Crippen LogP contribution in [0.1, 0.15) is 159 Å². The standard InChI is InChI=1S/C51H4.C17H34N.C14H30N.C7H18N.CH4/c1-3-5-7-9-11-13-15-17-19-21-23-25-27-29-31-33-35-37-39-41-43-45-47-49-51-50-48-46-44-42-40-38-36-34-32-30-28-26-24-22-20-18-16-14-12-10-8-6-4-2;1-14(2,3)11-12-13-16(6,7)18(10,15(12,4)5)17(13,8)9;1-12(2,3)10-11-13(4,5)15(8,9)14(11,6)7;1-7(2,3)8(4,5)6;/h1H,2H3;12-13H,11H2,1-10H3;11H,10H2,1-9H3;1-6H3;1H4/q;3*+1;. The lowest BCUT2D eigenvalue weighted by molar-refractivity contribution is -1.06. The summed E-state index contributed by atoms with van der Waals surface area (Å²) in [4.78, 5) is 0. The molecule has 0 amide bonds. The van der Waals surface area contributed by atoms with Crippen molar-refractivity contribution in [1.82, 2.24) is 0 Å². The molecule has 3 nitrogen and oxygen atoms in total. The van der Waals surface area contributed by atoms with Crippen molar-refractivity contribution in [3.8, 4) is 297 Å². The Hall–Kier alpha value is -11.1. The molecule has 0 aromatic heterocycles. The Morgan fingerprint density at radius 2 is 0.495 bits per heavy atom. The monoisotopic (exact) mass is 1210 g/mol. The molecule has 4 fully saturated rings. The first-order chi connectivity index (χ1) is 42.7. The van der Waals surface area contributed by atoms with Gasteiger partial charge in [0.25, 0.3) is 0 Å². The van der Waals surface area contributed by atoms with Gasteiger partial charge in [-0.3, -0.25) is 0 Å². The predicted octanol–water partition coefficient (Wildman–Crippen LogP) is 11.0. The van der Waals surface area contributed by atoms with Crippen molar-refractivity contribution in [2.75, 3.05) is 42.3 Å². The van der Waals surface area contributed by atoms with Gasteiger partial charge in [-0.1, -0.05) is 54.9 Å². The molecular weight excluding hydrogens is 1120 g/mol. The minimum Gasteiger partial charge on any atom is -0.327 e. The van der Waals surface area contributed by atoms with Gasteiger partial charge in [0.1, 0.15) is 22.2 Å². The van der Waals surface area contributed by atoms with Gasteiger partial charge in [0, 0.05) is 195 Å². The fourth-order valence-corrected chi connectivity index (χ4v) is 11.3. The number of nitrogens with zero attached hydrogens (tertiary/aromatic N) is 3. The van der Waals surface area contributed by atoms with Crippen LogP contribution in [0.15, 0.2) is 0 Å². The van der Waals surface area contributed by atoms with E-state index in [-0.39, 0.29) is 7.43 Å². The van der Waals surface area contributed by atoms with Crippen LogP contribution in [-0.4, -0.2) is 89.0 Å². The zero-order valence-corrected chi connectivity index (χ0v) is 59.6. The summed E-state index contributed by atoms with van der Waals surface area (Å²) in [5.74, 6) is 124. The summed E-state index contributed by atoms with van der Waals surface area (Å²) in [5.41, 5.74) is 3.34. The summed E-state index contributed by atoms with van der Waals surface area (Å²) in [6, 6.07) is 0. The largest absolute Gasteiger partial charge is 0.327 e. The SMILES string of the molecule is C.C#CC#CC#CC#CC#CC#CC#CC#CC#CC#CC#CC#CC#CC#CC#CC#CC#CC#CC#CC#CC#CC#CC#CC#CC#CC.CC(C)(C)CC1C(C)(C)[N+](C)(C)C1(C)C.CC(C)(C)CC1C2C(C)(C)[N+](C)(C1(C)C)C2(C)C.CC(C)(C)[N+](C)(C)C. The molecule has 4 aliphatic rings. The molecule has 1 unspecified atom stereocenters. The van der Waals surface area contributed by atoms with Crippen LogP contribution in [0, 0.1) is 325 Å². The van der Waals surface area contributed by atoms with Gasteiger partial charge in [-0.15, -0.1) is 6.42 Å². The van der Waals surface area contributed by atoms with Crippen molar-refractivity contribution in [1.29, 1.82) is 0 Å². The maximum absolute atomic E-state index is 4.94. The van der Waals surface area contributed by atoms with Crippen molar-refractivity contribution in [3.05, 3.63) is 0 Å². The number of likely N-dealkylation sites (tertiary alicyclic amines) is 1. The minimum absolute atomic E-state index is 0. The second-order valence-corrected chi connectivity index (χ2v) is 28.3. The molecule has 2 bridgehead atoms. The first-order valence-electron chi connectivity index (χ1n) is 29.6. The van der Waals surface area contributed by atoms with Crippen LogP contribution in [0.2, 0.25) is 0 Å². The van der Waals surface area contributed by atoms with E-state index in [1.807, 2.05) is 0 Å². The average Bonchev–Trinajstić information content (AvgIpc) is 1.48. The highest BCUT2D eigenvalue weighted by atomic mass is 15.6. The van der Waals surface area contributed by atoms with Gasteiger partial charge in [-0.05, 0) is 215 Å². The third-order valence-corrected chi connectivity index (χ3v) is 17.6. The van der Waals surface area contributed by atoms with Crippen molar-refractivity contribution >= 4 is 0 Å². The molecule has 3 heteroatoms. The smallest absolute Gasteiger partial charge is 0.104 e. The lowest BCUT2D eigenvalue weighted by Gasteiger charge is -2.71. The highest BCUT2D eigenvalue weighted by molar-refractivity contribution is 5.51. The molecular formula is C90H90N3+3. The van der Waals surface area contributed by atoms with E-state index < -0.39 is 0 Å². The molecule has 1 atom stereocenters. The highest BCUT2D eigenvalue weighted by Gasteiger charge is 2.86. The Kier molecular flexibility index (Phi) is 35.3. The number of hydrogen-bond donors (Lipinski definition) is 0. The Morgan fingerprint density at radius 3 is 0.634 bits per heavy atom. The molecule has 0 radical (unpaired) electrons. The topological polar surface area (TPSA) is 0 Å². The molecule has 4 aliphatic heterocycles. The van der Waals surface area contributed by atoms with E-state index in [9.17, 15) is 0 Å². The van der Waals surface area contributed by atoms with Gasteiger partial charge in [0.2, 0.25) is 0 Å². The van der Waals surface area contributed by atoms with Crippen molar-refractivity contribution in [2.24, 2.45) is 28.6 Å².